The SMILES string of the molecule is COCCN(CCC(N)=NO)C(=O)c1ccccc1SC. The van der Waals surface area contributed by atoms with E-state index in [1.165, 1.54) is 11.8 Å². The lowest BCUT2D eigenvalue weighted by atomic mass is 10.2. The lowest BCUT2D eigenvalue weighted by Gasteiger charge is -2.23. The fourth-order valence-electron chi connectivity index (χ4n) is 1.81. The number of nitrogens with zero attached hydrogens (tertiary/aromatic N) is 2. The Labute approximate surface area is 128 Å². The summed E-state index contributed by atoms with van der Waals surface area (Å²) in [5.74, 6) is 0.0195. The molecule has 1 aromatic carbocycles. The van der Waals surface area contributed by atoms with Crippen molar-refractivity contribution in [2.24, 2.45) is 10.9 Å². The topological polar surface area (TPSA) is 88.2 Å². The maximum absolute atomic E-state index is 12.6. The van der Waals surface area contributed by atoms with Crippen LogP contribution in [0.5, 0.6) is 0 Å². The second kappa shape index (κ2) is 9.25. The first-order valence-corrected chi connectivity index (χ1v) is 7.74. The van der Waals surface area contributed by atoms with Crippen LogP contribution in [0, 0.1) is 0 Å². The van der Waals surface area contributed by atoms with Crippen molar-refractivity contribution in [3.05, 3.63) is 29.8 Å². The van der Waals surface area contributed by atoms with Gasteiger partial charge >= 0.3 is 0 Å². The van der Waals surface area contributed by atoms with Gasteiger partial charge in [-0.3, -0.25) is 4.79 Å². The maximum atomic E-state index is 12.6. The first-order valence-electron chi connectivity index (χ1n) is 6.51. The van der Waals surface area contributed by atoms with Crippen molar-refractivity contribution in [2.45, 2.75) is 11.3 Å². The molecule has 0 bridgehead atoms. The number of carbonyl (C=O) groups is 1. The summed E-state index contributed by atoms with van der Waals surface area (Å²) in [6.07, 6.45) is 2.25. The van der Waals surface area contributed by atoms with Crippen molar-refractivity contribution >= 4 is 23.5 Å². The molecule has 0 heterocycles. The summed E-state index contributed by atoms with van der Waals surface area (Å²) in [6.45, 7) is 1.26. The fourth-order valence-corrected chi connectivity index (χ4v) is 2.40. The summed E-state index contributed by atoms with van der Waals surface area (Å²) in [7, 11) is 1.59. The standard InChI is InChI=1S/C14H21N3O3S/c1-20-10-9-17(8-7-13(15)16-19)14(18)11-5-3-4-6-12(11)21-2/h3-6,19H,7-10H2,1-2H3,(H2,15,16). The van der Waals surface area contributed by atoms with E-state index in [1.807, 2.05) is 24.5 Å². The van der Waals surface area contributed by atoms with E-state index in [9.17, 15) is 4.79 Å². The molecule has 0 aliphatic rings. The summed E-state index contributed by atoms with van der Waals surface area (Å²) in [5, 5.41) is 11.5. The summed E-state index contributed by atoms with van der Waals surface area (Å²) in [6, 6.07) is 7.46. The molecule has 3 N–H and O–H groups in total. The number of nitrogens with two attached hydrogens (primary N) is 1. The molecule has 6 nitrogen and oxygen atoms in total. The summed E-state index contributed by atoms with van der Waals surface area (Å²) in [5.41, 5.74) is 6.12. The highest BCUT2D eigenvalue weighted by atomic mass is 32.2. The number of oxime groups is 1. The van der Waals surface area contributed by atoms with Crippen molar-refractivity contribution in [2.75, 3.05) is 33.1 Å². The molecule has 1 amide bonds. The predicted octanol–water partition coefficient (Wildman–Crippen LogP) is 1.63. The van der Waals surface area contributed by atoms with Crippen LogP contribution in [0.2, 0.25) is 0 Å². The van der Waals surface area contributed by atoms with Crippen LogP contribution in [0.15, 0.2) is 34.3 Å². The van der Waals surface area contributed by atoms with Gasteiger partial charge < -0.3 is 20.6 Å². The van der Waals surface area contributed by atoms with Crippen LogP contribution in [-0.2, 0) is 4.74 Å². The Kier molecular flexibility index (Phi) is 7.63. The van der Waals surface area contributed by atoms with E-state index in [-0.39, 0.29) is 11.7 Å². The molecular weight excluding hydrogens is 290 g/mol. The van der Waals surface area contributed by atoms with Crippen molar-refractivity contribution in [3.63, 3.8) is 0 Å². The number of rotatable bonds is 8. The van der Waals surface area contributed by atoms with Gasteiger partial charge in [-0.25, -0.2) is 0 Å². The lowest BCUT2D eigenvalue weighted by Crippen LogP contribution is -2.36. The number of carbonyl (C=O) groups excluding carboxylic acids is 1. The van der Waals surface area contributed by atoms with E-state index < -0.39 is 0 Å². The number of amidine groups is 1. The number of benzene rings is 1. The van der Waals surface area contributed by atoms with Crippen molar-refractivity contribution in [1.82, 2.24) is 4.90 Å². The van der Waals surface area contributed by atoms with Gasteiger partial charge in [0.25, 0.3) is 5.91 Å². The smallest absolute Gasteiger partial charge is 0.255 e. The van der Waals surface area contributed by atoms with Crippen molar-refractivity contribution in [1.29, 1.82) is 0 Å². The number of ether oxygens (including phenoxy) is 1. The quantitative estimate of drug-likeness (QED) is 0.250. The largest absolute Gasteiger partial charge is 0.409 e. The van der Waals surface area contributed by atoms with Gasteiger partial charge in [-0.2, -0.15) is 0 Å². The number of amides is 1. The van der Waals surface area contributed by atoms with Crippen LogP contribution >= 0.6 is 11.8 Å². The normalized spacial score (nSPS) is 11.4. The molecule has 0 atom stereocenters. The van der Waals surface area contributed by atoms with E-state index in [4.69, 9.17) is 15.7 Å². The van der Waals surface area contributed by atoms with Gasteiger partial charge in [-0.1, -0.05) is 17.3 Å². The number of hydrogen-bond donors (Lipinski definition) is 2. The van der Waals surface area contributed by atoms with Crippen LogP contribution in [0.4, 0.5) is 0 Å². The first kappa shape index (κ1) is 17.3. The zero-order chi connectivity index (χ0) is 15.7. The molecule has 7 heteroatoms. The average molecular weight is 311 g/mol. The maximum Gasteiger partial charge on any atom is 0.255 e. The molecule has 0 saturated carbocycles. The van der Waals surface area contributed by atoms with E-state index in [1.54, 1.807) is 18.1 Å². The van der Waals surface area contributed by atoms with E-state index in [2.05, 4.69) is 5.16 Å². The number of thioether (sulfide) groups is 1. The Balaban J connectivity index is 2.87. The van der Waals surface area contributed by atoms with Gasteiger partial charge in [0, 0.05) is 31.5 Å². The molecule has 0 fully saturated rings. The highest BCUT2D eigenvalue weighted by Gasteiger charge is 2.18. The third kappa shape index (κ3) is 5.28. The minimum absolute atomic E-state index is 0.0808. The Bertz CT molecular complexity index is 494. The zero-order valence-corrected chi connectivity index (χ0v) is 13.1. The molecule has 0 aromatic heterocycles. The van der Waals surface area contributed by atoms with Crippen LogP contribution in [-0.4, -0.2) is 54.9 Å². The van der Waals surface area contributed by atoms with Gasteiger partial charge in [-0.15, -0.1) is 11.8 Å². The van der Waals surface area contributed by atoms with Crippen molar-refractivity contribution in [3.8, 4) is 0 Å². The highest BCUT2D eigenvalue weighted by molar-refractivity contribution is 7.98. The molecule has 0 aliphatic carbocycles. The third-order valence-electron chi connectivity index (χ3n) is 2.96. The first-order chi connectivity index (χ1) is 10.1. The summed E-state index contributed by atoms with van der Waals surface area (Å²) in [4.78, 5) is 15.2. The van der Waals surface area contributed by atoms with Gasteiger partial charge in [0.2, 0.25) is 0 Å². The van der Waals surface area contributed by atoms with Gasteiger partial charge in [0.1, 0.15) is 5.84 Å². The molecule has 0 spiro atoms. The minimum Gasteiger partial charge on any atom is -0.409 e. The predicted molar refractivity (Wildman–Crippen MR) is 84.0 cm³/mol. The Morgan fingerprint density at radius 1 is 1.43 bits per heavy atom. The molecule has 0 saturated heterocycles. The second-order valence-corrected chi connectivity index (χ2v) is 5.17. The van der Waals surface area contributed by atoms with Gasteiger partial charge in [-0.05, 0) is 18.4 Å². The molecule has 0 unspecified atom stereocenters. The van der Waals surface area contributed by atoms with Gasteiger partial charge in [0.05, 0.1) is 12.2 Å². The fraction of sp³-hybridized carbons (Fsp3) is 0.429. The summed E-state index contributed by atoms with van der Waals surface area (Å²) >= 11 is 1.53. The van der Waals surface area contributed by atoms with Crippen molar-refractivity contribution < 1.29 is 14.7 Å². The monoisotopic (exact) mass is 311 g/mol. The van der Waals surface area contributed by atoms with E-state index in [0.29, 0.717) is 31.7 Å². The molecule has 21 heavy (non-hydrogen) atoms. The second-order valence-electron chi connectivity index (χ2n) is 4.33. The molecule has 0 aliphatic heterocycles. The lowest BCUT2D eigenvalue weighted by molar-refractivity contribution is 0.0697. The molecule has 0 radical (unpaired) electrons. The van der Waals surface area contributed by atoms with E-state index in [0.717, 1.165) is 4.90 Å². The third-order valence-corrected chi connectivity index (χ3v) is 3.75. The summed E-state index contributed by atoms with van der Waals surface area (Å²) < 4.78 is 5.04. The van der Waals surface area contributed by atoms with Crippen LogP contribution in [0.1, 0.15) is 16.8 Å². The minimum atomic E-state index is -0.0808. The zero-order valence-electron chi connectivity index (χ0n) is 12.3. The Morgan fingerprint density at radius 2 is 2.14 bits per heavy atom. The van der Waals surface area contributed by atoms with Crippen LogP contribution < -0.4 is 5.73 Å². The van der Waals surface area contributed by atoms with Crippen LogP contribution in [0.3, 0.4) is 0 Å². The van der Waals surface area contributed by atoms with Gasteiger partial charge in [0.15, 0.2) is 0 Å². The highest BCUT2D eigenvalue weighted by Crippen LogP contribution is 2.21. The van der Waals surface area contributed by atoms with Crippen LogP contribution in [0.25, 0.3) is 0 Å². The molecular formula is C14H21N3O3S. The molecule has 1 rings (SSSR count). The number of methoxy groups -OCH3 is 1. The molecule has 116 valence electrons. The molecule has 1 aromatic rings. The number of hydrogen-bond acceptors (Lipinski definition) is 5. The van der Waals surface area contributed by atoms with E-state index >= 15 is 0 Å². The Hall–Kier alpha value is -1.73. The Morgan fingerprint density at radius 3 is 2.76 bits per heavy atom. The average Bonchev–Trinajstić information content (AvgIpc) is 2.53.